The van der Waals surface area contributed by atoms with Crippen molar-refractivity contribution in [3.05, 3.63) is 92.6 Å². The van der Waals surface area contributed by atoms with Gasteiger partial charge < -0.3 is 29.7 Å². The second-order valence-electron chi connectivity index (χ2n) is 11.5. The first-order valence-corrected chi connectivity index (χ1v) is 18.0. The molecule has 0 radical (unpaired) electrons. The van der Waals surface area contributed by atoms with E-state index in [0.717, 1.165) is 37.9 Å². The lowest BCUT2D eigenvalue weighted by Gasteiger charge is -2.29. The van der Waals surface area contributed by atoms with Crippen LogP contribution in [0.2, 0.25) is 5.02 Å². The molecule has 11 nitrogen and oxygen atoms in total. The number of anilines is 2. The van der Waals surface area contributed by atoms with E-state index in [2.05, 4.69) is 26.6 Å². The fourth-order valence-electron chi connectivity index (χ4n) is 5.90. The zero-order chi connectivity index (χ0) is 34.5. The first kappa shape index (κ1) is 34.7. The van der Waals surface area contributed by atoms with Gasteiger partial charge in [0.05, 0.1) is 30.0 Å². The zero-order valence-electron chi connectivity index (χ0n) is 27.3. The molecule has 2 N–H and O–H groups in total. The maximum atomic E-state index is 14.2. The molecular weight excluding hydrogens is 732 g/mol. The summed E-state index contributed by atoms with van der Waals surface area (Å²) in [7, 11) is 3.09. The van der Waals surface area contributed by atoms with Gasteiger partial charge in [-0.25, -0.2) is 4.68 Å². The normalized spacial score (nSPS) is 15.7. The smallest absolute Gasteiger partial charge is 0.260 e. The van der Waals surface area contributed by atoms with Crippen LogP contribution in [0.3, 0.4) is 0 Å². The van der Waals surface area contributed by atoms with Crippen LogP contribution in [0, 0.1) is 0 Å². The molecule has 3 aromatic carbocycles. The van der Waals surface area contributed by atoms with Gasteiger partial charge in [-0.1, -0.05) is 53.7 Å². The molecule has 0 bridgehead atoms. The van der Waals surface area contributed by atoms with Crippen LogP contribution in [-0.2, 0) is 15.3 Å². The van der Waals surface area contributed by atoms with E-state index in [0.29, 0.717) is 66.1 Å². The molecule has 14 heteroatoms. The number of thioether (sulfide) groups is 1. The van der Waals surface area contributed by atoms with Gasteiger partial charge in [0.2, 0.25) is 11.1 Å². The molecule has 0 spiro atoms. The molecule has 3 heterocycles. The fourth-order valence-corrected chi connectivity index (χ4v) is 7.59. The van der Waals surface area contributed by atoms with Crippen molar-refractivity contribution in [2.75, 3.05) is 44.5 Å². The summed E-state index contributed by atoms with van der Waals surface area (Å²) < 4.78 is 19.6. The van der Waals surface area contributed by atoms with Crippen LogP contribution < -0.4 is 24.8 Å². The van der Waals surface area contributed by atoms with Gasteiger partial charge in [0.15, 0.2) is 18.1 Å². The third-order valence-electron chi connectivity index (χ3n) is 8.36. The molecule has 1 atom stereocenters. The maximum absolute atomic E-state index is 14.2. The van der Waals surface area contributed by atoms with E-state index in [1.165, 1.54) is 18.9 Å². The van der Waals surface area contributed by atoms with Crippen LogP contribution in [0.4, 0.5) is 11.6 Å². The summed E-state index contributed by atoms with van der Waals surface area (Å²) in [6, 6.07) is 17.8. The second-order valence-corrected chi connectivity index (χ2v) is 13.7. The van der Waals surface area contributed by atoms with Gasteiger partial charge in [0.1, 0.15) is 11.8 Å². The Morgan fingerprint density at radius 1 is 1.04 bits per heavy atom. The minimum absolute atomic E-state index is 0.0704. The Kier molecular flexibility index (Phi) is 11.0. The number of piperidine rings is 1. The number of nitrogens with zero attached hydrogens (tertiary/aromatic N) is 4. The third kappa shape index (κ3) is 7.68. The second kappa shape index (κ2) is 15.6. The van der Waals surface area contributed by atoms with E-state index in [9.17, 15) is 9.59 Å². The Morgan fingerprint density at radius 2 is 1.78 bits per heavy atom. The van der Waals surface area contributed by atoms with Crippen LogP contribution in [0.5, 0.6) is 17.2 Å². The van der Waals surface area contributed by atoms with Crippen molar-refractivity contribution in [2.24, 2.45) is 0 Å². The van der Waals surface area contributed by atoms with Gasteiger partial charge in [-0.2, -0.15) is 4.98 Å². The summed E-state index contributed by atoms with van der Waals surface area (Å²) in [5.74, 6) is 1.92. The van der Waals surface area contributed by atoms with Crippen molar-refractivity contribution in [2.45, 2.75) is 43.1 Å². The molecule has 1 aromatic heterocycles. The number of hydrogen-bond acceptors (Lipinski definition) is 9. The van der Waals surface area contributed by atoms with Crippen molar-refractivity contribution < 1.29 is 23.8 Å². The summed E-state index contributed by atoms with van der Waals surface area (Å²) in [6.45, 7) is 3.18. The van der Waals surface area contributed by atoms with Crippen molar-refractivity contribution in [1.82, 2.24) is 19.7 Å². The molecule has 1 unspecified atom stereocenters. The van der Waals surface area contributed by atoms with Crippen molar-refractivity contribution in [1.29, 1.82) is 0 Å². The van der Waals surface area contributed by atoms with E-state index in [1.807, 2.05) is 54.3 Å². The van der Waals surface area contributed by atoms with E-state index in [4.69, 9.17) is 35.9 Å². The number of amides is 2. The molecule has 1 saturated heterocycles. The number of carbonyl (C=O) groups is 2. The number of nitrogens with one attached hydrogen (secondary N) is 2. The number of halogens is 2. The highest BCUT2D eigenvalue weighted by Gasteiger charge is 2.36. The predicted molar refractivity (Wildman–Crippen MR) is 194 cm³/mol. The molecule has 0 saturated carbocycles. The van der Waals surface area contributed by atoms with Crippen LogP contribution in [0.1, 0.15) is 43.4 Å². The van der Waals surface area contributed by atoms with Gasteiger partial charge in [-0.15, -0.1) is 5.10 Å². The number of aromatic nitrogens is 3. The molecule has 1 fully saturated rings. The Balaban J connectivity index is 1.35. The van der Waals surface area contributed by atoms with E-state index >= 15 is 0 Å². The van der Waals surface area contributed by atoms with Crippen LogP contribution in [0.15, 0.2) is 81.6 Å². The van der Waals surface area contributed by atoms with E-state index in [-0.39, 0.29) is 18.4 Å². The SMILES string of the molecule is COc1ccccc1NC(=O)C1=C(C)Nc2nc(SCc3ccccc3Cl)nn2C1c1cc(Br)c(OCC(=O)N2CCCCC2)c(OC)c1. The number of likely N-dealkylation sites (tertiary alicyclic amines) is 1. The minimum atomic E-state index is -0.720. The van der Waals surface area contributed by atoms with Gasteiger partial charge in [0.25, 0.3) is 11.8 Å². The Morgan fingerprint density at radius 3 is 2.53 bits per heavy atom. The summed E-state index contributed by atoms with van der Waals surface area (Å²) in [5.41, 5.74) is 3.17. The molecule has 256 valence electrons. The fraction of sp³-hybridized carbons (Fsp3) is 0.314. The molecule has 2 amide bonds. The van der Waals surface area contributed by atoms with E-state index in [1.54, 1.807) is 30.0 Å². The van der Waals surface area contributed by atoms with Crippen LogP contribution >= 0.6 is 39.3 Å². The average molecular weight is 768 g/mol. The number of ether oxygens (including phenoxy) is 3. The number of fused-ring (bicyclic) bond motifs is 1. The molecule has 4 aromatic rings. The monoisotopic (exact) mass is 766 g/mol. The largest absolute Gasteiger partial charge is 0.495 e. The van der Waals surface area contributed by atoms with Crippen molar-refractivity contribution >= 4 is 62.7 Å². The summed E-state index contributed by atoms with van der Waals surface area (Å²) in [6.07, 6.45) is 3.12. The number of rotatable bonds is 11. The number of methoxy groups -OCH3 is 2. The Hall–Kier alpha value is -4.20. The third-order valence-corrected chi connectivity index (χ3v) is 10.2. The standard InChI is InChI=1S/C35H36BrClN6O5S/c1-21-30(33(45)39-26-13-7-8-14-27(26)46-2)31(43-34(38-21)40-35(41-43)49-20-22-11-5-6-12-25(22)37)23-17-24(36)32(28(18-23)47-3)48-19-29(44)42-15-9-4-10-16-42/h5-8,11-14,17-18,31H,4,9-10,15-16,19-20H2,1-3H3,(H,39,45)(H,38,40,41). The first-order valence-electron chi connectivity index (χ1n) is 15.8. The molecule has 2 aliphatic rings. The number of hydrogen-bond donors (Lipinski definition) is 2. The van der Waals surface area contributed by atoms with Crippen LogP contribution in [0.25, 0.3) is 0 Å². The highest BCUT2D eigenvalue weighted by Crippen LogP contribution is 2.44. The van der Waals surface area contributed by atoms with E-state index < -0.39 is 6.04 Å². The van der Waals surface area contributed by atoms with Gasteiger partial charge in [0, 0.05) is 29.6 Å². The van der Waals surface area contributed by atoms with Gasteiger partial charge in [-0.05, 0) is 83.6 Å². The number of benzene rings is 3. The predicted octanol–water partition coefficient (Wildman–Crippen LogP) is 7.32. The van der Waals surface area contributed by atoms with Crippen molar-refractivity contribution in [3.8, 4) is 17.2 Å². The molecule has 6 rings (SSSR count). The highest BCUT2D eigenvalue weighted by atomic mass is 79.9. The Bertz CT molecular complexity index is 1900. The van der Waals surface area contributed by atoms with Gasteiger partial charge >= 0.3 is 0 Å². The topological polar surface area (TPSA) is 120 Å². The molecule has 49 heavy (non-hydrogen) atoms. The lowest BCUT2D eigenvalue weighted by atomic mass is 9.94. The lowest BCUT2D eigenvalue weighted by molar-refractivity contribution is -0.134. The number of allylic oxidation sites excluding steroid dienone is 1. The quantitative estimate of drug-likeness (QED) is 0.151. The molecule has 2 aliphatic heterocycles. The minimum Gasteiger partial charge on any atom is -0.495 e. The average Bonchev–Trinajstić information content (AvgIpc) is 3.52. The first-order chi connectivity index (χ1) is 23.8. The zero-order valence-corrected chi connectivity index (χ0v) is 30.5. The Labute approximate surface area is 302 Å². The summed E-state index contributed by atoms with van der Waals surface area (Å²) in [5, 5.41) is 12.3. The maximum Gasteiger partial charge on any atom is 0.260 e. The summed E-state index contributed by atoms with van der Waals surface area (Å²) >= 11 is 11.5. The lowest BCUT2D eigenvalue weighted by Crippen LogP contribution is -2.38. The van der Waals surface area contributed by atoms with Crippen LogP contribution in [-0.4, -0.2) is 65.4 Å². The number of para-hydroxylation sites is 2. The summed E-state index contributed by atoms with van der Waals surface area (Å²) in [4.78, 5) is 33.7. The highest BCUT2D eigenvalue weighted by molar-refractivity contribution is 9.10. The molecular formula is C35H36BrClN6O5S. The van der Waals surface area contributed by atoms with Gasteiger partial charge in [-0.3, -0.25) is 9.59 Å². The molecule has 0 aliphatic carbocycles. The van der Waals surface area contributed by atoms with Crippen molar-refractivity contribution in [3.63, 3.8) is 0 Å². The number of carbonyl (C=O) groups excluding carboxylic acids is 2.